The van der Waals surface area contributed by atoms with E-state index in [-0.39, 0.29) is 5.69 Å². The smallest absolute Gasteiger partial charge is 0.452 e. The Bertz CT molecular complexity index is 736. The van der Waals surface area contributed by atoms with Crippen LogP contribution in [0.5, 0.6) is 5.75 Å². The first-order chi connectivity index (χ1) is 12.0. The molecule has 2 bridgehead atoms. The van der Waals surface area contributed by atoms with Gasteiger partial charge < -0.3 is 9.26 Å². The molecule has 134 valence electrons. The number of hydrogen-bond acceptors (Lipinski definition) is 4. The van der Waals surface area contributed by atoms with Crippen LogP contribution in [0.2, 0.25) is 0 Å². The van der Waals surface area contributed by atoms with E-state index in [9.17, 15) is 13.2 Å². The summed E-state index contributed by atoms with van der Waals surface area (Å²) in [6, 6.07) is 8.29. The summed E-state index contributed by atoms with van der Waals surface area (Å²) in [6.45, 7) is 2.76. The third-order valence-electron chi connectivity index (χ3n) is 5.15. The summed E-state index contributed by atoms with van der Waals surface area (Å²) >= 11 is 0. The lowest BCUT2D eigenvalue weighted by atomic mass is 9.83. The maximum atomic E-state index is 12.7. The average Bonchev–Trinajstić information content (AvgIpc) is 3.12. The molecule has 2 aromatic rings. The number of piperidine rings is 3. The van der Waals surface area contributed by atoms with Crippen molar-refractivity contribution in [2.75, 3.05) is 19.7 Å². The second-order valence-corrected chi connectivity index (χ2v) is 6.75. The normalized spacial score (nSPS) is 26.0. The van der Waals surface area contributed by atoms with E-state index >= 15 is 0 Å². The standard InChI is InChI=1S/C18H19F3N2O2/c19-18(20,21)17-10-15(22-25-17)14-3-1-2-4-16(14)24-11-13-9-12-5-7-23(13)8-6-12/h1-4,10,12-13H,5-9,11H2. The number of aromatic nitrogens is 1. The number of hydrogen-bond donors (Lipinski definition) is 0. The van der Waals surface area contributed by atoms with Gasteiger partial charge in [-0.25, -0.2) is 0 Å². The van der Waals surface area contributed by atoms with Crippen molar-refractivity contribution in [1.29, 1.82) is 0 Å². The van der Waals surface area contributed by atoms with Gasteiger partial charge >= 0.3 is 6.18 Å². The fourth-order valence-corrected chi connectivity index (χ4v) is 3.79. The van der Waals surface area contributed by atoms with Crippen molar-refractivity contribution < 1.29 is 22.4 Å². The molecule has 0 spiro atoms. The quantitative estimate of drug-likeness (QED) is 0.826. The Kier molecular flexibility index (Phi) is 4.19. The highest BCUT2D eigenvalue weighted by atomic mass is 19.4. The van der Waals surface area contributed by atoms with Gasteiger partial charge in [0.1, 0.15) is 18.1 Å². The highest BCUT2D eigenvalue weighted by Crippen LogP contribution is 2.36. The Hall–Kier alpha value is -2.02. The molecule has 0 aliphatic carbocycles. The molecule has 0 N–H and O–H groups in total. The van der Waals surface area contributed by atoms with Crippen LogP contribution >= 0.6 is 0 Å². The molecule has 5 rings (SSSR count). The third-order valence-corrected chi connectivity index (χ3v) is 5.15. The van der Waals surface area contributed by atoms with E-state index in [0.717, 1.165) is 31.5 Å². The van der Waals surface area contributed by atoms with Crippen LogP contribution in [0.4, 0.5) is 13.2 Å². The number of ether oxygens (including phenoxy) is 1. The molecule has 0 saturated carbocycles. The zero-order chi connectivity index (χ0) is 17.4. The molecule has 3 aliphatic rings. The lowest BCUT2D eigenvalue weighted by Crippen LogP contribution is -2.51. The average molecular weight is 352 g/mol. The van der Waals surface area contributed by atoms with Crippen molar-refractivity contribution in [3.63, 3.8) is 0 Å². The van der Waals surface area contributed by atoms with Crippen LogP contribution in [0.15, 0.2) is 34.9 Å². The Morgan fingerprint density at radius 1 is 1.20 bits per heavy atom. The fraction of sp³-hybridized carbons (Fsp3) is 0.500. The number of fused-ring (bicyclic) bond motifs is 3. The van der Waals surface area contributed by atoms with Crippen LogP contribution in [0.3, 0.4) is 0 Å². The van der Waals surface area contributed by atoms with Crippen molar-refractivity contribution >= 4 is 0 Å². The lowest BCUT2D eigenvalue weighted by Gasteiger charge is -2.45. The first-order valence-electron chi connectivity index (χ1n) is 8.51. The number of halogens is 3. The summed E-state index contributed by atoms with van der Waals surface area (Å²) in [5.41, 5.74) is 0.645. The molecule has 1 atom stereocenters. The van der Waals surface area contributed by atoms with E-state index in [1.807, 2.05) is 0 Å². The maximum Gasteiger partial charge on any atom is 0.452 e. The van der Waals surface area contributed by atoms with Crippen LogP contribution < -0.4 is 4.74 Å². The number of rotatable bonds is 4. The second-order valence-electron chi connectivity index (χ2n) is 6.75. The number of benzene rings is 1. The first-order valence-corrected chi connectivity index (χ1v) is 8.51. The predicted molar refractivity (Wildman–Crippen MR) is 85.1 cm³/mol. The largest absolute Gasteiger partial charge is 0.491 e. The van der Waals surface area contributed by atoms with Crippen LogP contribution in [-0.2, 0) is 6.18 Å². The minimum absolute atomic E-state index is 0.133. The minimum atomic E-state index is -4.55. The molecule has 3 saturated heterocycles. The van der Waals surface area contributed by atoms with Gasteiger partial charge in [-0.3, -0.25) is 4.90 Å². The summed E-state index contributed by atoms with van der Waals surface area (Å²) in [4.78, 5) is 2.44. The van der Waals surface area contributed by atoms with Crippen molar-refractivity contribution in [1.82, 2.24) is 10.1 Å². The van der Waals surface area contributed by atoms with Gasteiger partial charge in [0.25, 0.3) is 0 Å². The predicted octanol–water partition coefficient (Wildman–Crippen LogP) is 4.22. The SMILES string of the molecule is FC(F)(F)c1cc(-c2ccccc2OCC2CC3CCN2CC3)no1. The molecule has 0 radical (unpaired) electrons. The van der Waals surface area contributed by atoms with Crippen molar-refractivity contribution in [2.45, 2.75) is 31.5 Å². The summed E-state index contributed by atoms with van der Waals surface area (Å²) < 4.78 is 48.6. The van der Waals surface area contributed by atoms with E-state index in [4.69, 9.17) is 4.74 Å². The topological polar surface area (TPSA) is 38.5 Å². The third kappa shape index (κ3) is 3.38. The fourth-order valence-electron chi connectivity index (χ4n) is 3.79. The van der Waals surface area contributed by atoms with Gasteiger partial charge in [0.2, 0.25) is 5.76 Å². The number of nitrogens with zero attached hydrogens (tertiary/aromatic N) is 2. The molecule has 3 fully saturated rings. The van der Waals surface area contributed by atoms with E-state index < -0.39 is 11.9 Å². The molecule has 25 heavy (non-hydrogen) atoms. The maximum absolute atomic E-state index is 12.7. The highest BCUT2D eigenvalue weighted by molar-refractivity contribution is 5.66. The Morgan fingerprint density at radius 2 is 1.96 bits per heavy atom. The summed E-state index contributed by atoms with van der Waals surface area (Å²) in [5.74, 6) is 0.207. The van der Waals surface area contributed by atoms with Gasteiger partial charge in [-0.05, 0) is 50.4 Å². The summed E-state index contributed by atoms with van der Waals surface area (Å²) in [5, 5.41) is 3.56. The van der Waals surface area contributed by atoms with Gasteiger partial charge in [0, 0.05) is 17.7 Å². The number of para-hydroxylation sites is 1. The summed E-state index contributed by atoms with van der Waals surface area (Å²) in [7, 11) is 0. The zero-order valence-electron chi connectivity index (χ0n) is 13.6. The monoisotopic (exact) mass is 352 g/mol. The highest BCUT2D eigenvalue weighted by Gasteiger charge is 2.37. The molecule has 0 amide bonds. The molecule has 7 heteroatoms. The van der Waals surface area contributed by atoms with Crippen LogP contribution in [0.25, 0.3) is 11.3 Å². The van der Waals surface area contributed by atoms with Gasteiger partial charge in [0.05, 0.1) is 0 Å². The van der Waals surface area contributed by atoms with Crippen molar-refractivity contribution in [3.8, 4) is 17.0 Å². The Labute approximate surface area is 143 Å². The molecule has 3 aliphatic heterocycles. The molecule has 4 nitrogen and oxygen atoms in total. The molecule has 1 aromatic carbocycles. The van der Waals surface area contributed by atoms with Crippen molar-refractivity contribution in [2.24, 2.45) is 5.92 Å². The van der Waals surface area contributed by atoms with E-state index in [2.05, 4.69) is 14.6 Å². The van der Waals surface area contributed by atoms with Crippen LogP contribution in [0.1, 0.15) is 25.0 Å². The number of alkyl halides is 3. The zero-order valence-corrected chi connectivity index (χ0v) is 13.6. The minimum Gasteiger partial charge on any atom is -0.491 e. The molecule has 1 unspecified atom stereocenters. The Morgan fingerprint density at radius 3 is 2.60 bits per heavy atom. The first kappa shape index (κ1) is 16.4. The Balaban J connectivity index is 1.50. The van der Waals surface area contributed by atoms with Gasteiger partial charge in [-0.15, -0.1) is 0 Å². The van der Waals surface area contributed by atoms with E-state index in [0.29, 0.717) is 24.0 Å². The van der Waals surface area contributed by atoms with E-state index in [1.54, 1.807) is 24.3 Å². The van der Waals surface area contributed by atoms with E-state index in [1.165, 1.54) is 12.8 Å². The summed E-state index contributed by atoms with van der Waals surface area (Å²) in [6.07, 6.45) is -0.904. The van der Waals surface area contributed by atoms with Gasteiger partial charge in [0.15, 0.2) is 0 Å². The van der Waals surface area contributed by atoms with Crippen molar-refractivity contribution in [3.05, 3.63) is 36.1 Å². The second kappa shape index (κ2) is 6.37. The van der Waals surface area contributed by atoms with Gasteiger partial charge in [-0.1, -0.05) is 17.3 Å². The molecular formula is C18H19F3N2O2. The molecular weight excluding hydrogens is 333 g/mol. The molecule has 4 heterocycles. The molecule has 1 aromatic heterocycles. The lowest BCUT2D eigenvalue weighted by molar-refractivity contribution is -0.155. The van der Waals surface area contributed by atoms with Crippen LogP contribution in [0, 0.1) is 5.92 Å². The van der Waals surface area contributed by atoms with Crippen LogP contribution in [-0.4, -0.2) is 35.8 Å². The van der Waals surface area contributed by atoms with Gasteiger partial charge in [-0.2, -0.15) is 13.2 Å².